The molecule has 3 aromatic rings. The van der Waals surface area contributed by atoms with E-state index in [1.165, 1.54) is 6.26 Å². The van der Waals surface area contributed by atoms with E-state index in [0.717, 1.165) is 0 Å². The summed E-state index contributed by atoms with van der Waals surface area (Å²) in [5, 5.41) is 2.71. The van der Waals surface area contributed by atoms with Gasteiger partial charge in [0.25, 0.3) is 11.8 Å². The molecule has 7 heteroatoms. The number of para-hydroxylation sites is 2. The summed E-state index contributed by atoms with van der Waals surface area (Å²) in [7, 11) is 3.28. The normalized spacial score (nSPS) is 10.3. The average Bonchev–Trinajstić information content (AvgIpc) is 3.29. The van der Waals surface area contributed by atoms with Gasteiger partial charge in [-0.25, -0.2) is 0 Å². The van der Waals surface area contributed by atoms with E-state index in [0.29, 0.717) is 35.9 Å². The van der Waals surface area contributed by atoms with Crippen molar-refractivity contribution >= 4 is 17.5 Å². The lowest BCUT2D eigenvalue weighted by molar-refractivity contribution is 0.0773. The third-order valence-corrected chi connectivity index (χ3v) is 4.21. The van der Waals surface area contributed by atoms with Crippen LogP contribution in [0, 0.1) is 0 Å². The number of amides is 2. The molecule has 1 aromatic heterocycles. The molecule has 1 N–H and O–H groups in total. The van der Waals surface area contributed by atoms with Crippen LogP contribution in [0.3, 0.4) is 0 Å². The van der Waals surface area contributed by atoms with Crippen molar-refractivity contribution in [2.24, 2.45) is 0 Å². The number of nitrogens with zero attached hydrogens (tertiary/aromatic N) is 1. The quantitative estimate of drug-likeness (QED) is 0.630. The van der Waals surface area contributed by atoms with Gasteiger partial charge in [-0.15, -0.1) is 0 Å². The minimum Gasteiger partial charge on any atom is -0.493 e. The zero-order valence-electron chi connectivity index (χ0n) is 16.3. The minimum absolute atomic E-state index is 0.178. The van der Waals surface area contributed by atoms with Crippen LogP contribution in [0.15, 0.2) is 71.3 Å². The minimum atomic E-state index is -0.377. The predicted octanol–water partition coefficient (Wildman–Crippen LogP) is 3.69. The number of furan rings is 1. The fourth-order valence-corrected chi connectivity index (χ4v) is 2.68. The molecule has 0 unspecified atom stereocenters. The highest BCUT2D eigenvalue weighted by Gasteiger charge is 2.14. The molecule has 2 amide bonds. The monoisotopic (exact) mass is 394 g/mol. The van der Waals surface area contributed by atoms with Crippen LogP contribution in [0.4, 0.5) is 5.69 Å². The summed E-state index contributed by atoms with van der Waals surface area (Å²) < 4.78 is 16.0. The van der Waals surface area contributed by atoms with E-state index in [1.54, 1.807) is 55.5 Å². The van der Waals surface area contributed by atoms with Gasteiger partial charge in [0.15, 0.2) is 17.3 Å². The molecule has 0 aliphatic heterocycles. The van der Waals surface area contributed by atoms with Crippen molar-refractivity contribution in [3.63, 3.8) is 0 Å². The Balaban J connectivity index is 1.57. The van der Waals surface area contributed by atoms with Crippen molar-refractivity contribution in [1.29, 1.82) is 0 Å². The number of ether oxygens (including phenoxy) is 2. The summed E-state index contributed by atoms with van der Waals surface area (Å²) in [6.45, 7) is 0.706. The van der Waals surface area contributed by atoms with Crippen LogP contribution < -0.4 is 14.8 Å². The van der Waals surface area contributed by atoms with Crippen molar-refractivity contribution in [2.75, 3.05) is 32.6 Å². The first kappa shape index (κ1) is 20.0. The van der Waals surface area contributed by atoms with Gasteiger partial charge in [0.05, 0.1) is 19.9 Å². The molecule has 1 heterocycles. The number of methoxy groups -OCH3 is 1. The molecule has 0 aliphatic carbocycles. The first-order valence-electron chi connectivity index (χ1n) is 9.04. The number of anilines is 1. The number of carbonyl (C=O) groups is 2. The summed E-state index contributed by atoms with van der Waals surface area (Å²) in [4.78, 5) is 26.3. The Hall–Kier alpha value is -3.74. The van der Waals surface area contributed by atoms with E-state index in [2.05, 4.69) is 5.32 Å². The molecular formula is C22H22N2O5. The molecule has 29 heavy (non-hydrogen) atoms. The van der Waals surface area contributed by atoms with Gasteiger partial charge in [-0.05, 0) is 42.5 Å². The van der Waals surface area contributed by atoms with E-state index in [4.69, 9.17) is 13.9 Å². The Morgan fingerprint density at radius 3 is 2.55 bits per heavy atom. The van der Waals surface area contributed by atoms with Crippen LogP contribution >= 0.6 is 0 Å². The van der Waals surface area contributed by atoms with Crippen molar-refractivity contribution in [3.8, 4) is 11.5 Å². The Labute approximate surface area is 168 Å². The lowest BCUT2D eigenvalue weighted by Gasteiger charge is -2.18. The molecule has 150 valence electrons. The van der Waals surface area contributed by atoms with E-state index in [-0.39, 0.29) is 17.6 Å². The van der Waals surface area contributed by atoms with E-state index >= 15 is 0 Å². The SMILES string of the molecule is COc1ccccc1OCCN(C)C(=O)c1cccc(NC(=O)c2ccco2)c1. The third kappa shape index (κ3) is 5.16. The summed E-state index contributed by atoms with van der Waals surface area (Å²) in [6, 6.07) is 17.3. The highest BCUT2D eigenvalue weighted by Crippen LogP contribution is 2.25. The summed E-state index contributed by atoms with van der Waals surface area (Å²) in [5.74, 6) is 0.910. The van der Waals surface area contributed by atoms with Crippen LogP contribution in [0.2, 0.25) is 0 Å². The molecule has 0 radical (unpaired) electrons. The molecule has 7 nitrogen and oxygen atoms in total. The van der Waals surface area contributed by atoms with Crippen molar-refractivity contribution < 1.29 is 23.5 Å². The van der Waals surface area contributed by atoms with Gasteiger partial charge in [0.2, 0.25) is 0 Å². The lowest BCUT2D eigenvalue weighted by Crippen LogP contribution is -2.31. The maximum absolute atomic E-state index is 12.7. The van der Waals surface area contributed by atoms with E-state index < -0.39 is 0 Å². The smallest absolute Gasteiger partial charge is 0.291 e. The molecule has 0 saturated carbocycles. The maximum Gasteiger partial charge on any atom is 0.291 e. The predicted molar refractivity (Wildman–Crippen MR) is 109 cm³/mol. The summed E-state index contributed by atoms with van der Waals surface area (Å²) >= 11 is 0. The van der Waals surface area contributed by atoms with Gasteiger partial charge < -0.3 is 24.1 Å². The van der Waals surface area contributed by atoms with Gasteiger partial charge in [-0.1, -0.05) is 18.2 Å². The maximum atomic E-state index is 12.7. The first-order chi connectivity index (χ1) is 14.1. The van der Waals surface area contributed by atoms with Crippen LogP contribution in [0.5, 0.6) is 11.5 Å². The van der Waals surface area contributed by atoms with Crippen LogP contribution in [-0.2, 0) is 0 Å². The van der Waals surface area contributed by atoms with Gasteiger partial charge in [-0.3, -0.25) is 9.59 Å². The van der Waals surface area contributed by atoms with E-state index in [9.17, 15) is 9.59 Å². The second-order valence-corrected chi connectivity index (χ2v) is 6.24. The standard InChI is InChI=1S/C22H22N2O5/c1-24(12-14-29-19-10-4-3-9-18(19)27-2)22(26)16-7-5-8-17(15-16)23-21(25)20-11-6-13-28-20/h3-11,13,15H,12,14H2,1-2H3,(H,23,25). The molecule has 0 bridgehead atoms. The summed E-state index contributed by atoms with van der Waals surface area (Å²) in [6.07, 6.45) is 1.43. The zero-order valence-corrected chi connectivity index (χ0v) is 16.3. The van der Waals surface area contributed by atoms with Gasteiger partial charge in [0.1, 0.15) is 6.61 Å². The van der Waals surface area contributed by atoms with Crippen molar-refractivity contribution in [3.05, 3.63) is 78.3 Å². The zero-order chi connectivity index (χ0) is 20.6. The van der Waals surface area contributed by atoms with Gasteiger partial charge >= 0.3 is 0 Å². The number of nitrogens with one attached hydrogen (secondary N) is 1. The molecule has 3 rings (SSSR count). The van der Waals surface area contributed by atoms with Gasteiger partial charge in [-0.2, -0.15) is 0 Å². The van der Waals surface area contributed by atoms with Gasteiger partial charge in [0, 0.05) is 18.3 Å². The Bertz CT molecular complexity index is 969. The molecule has 0 spiro atoms. The molecule has 0 aliphatic rings. The Morgan fingerprint density at radius 1 is 1.03 bits per heavy atom. The van der Waals surface area contributed by atoms with E-state index in [1.807, 2.05) is 24.3 Å². The molecule has 0 saturated heterocycles. The Morgan fingerprint density at radius 2 is 1.83 bits per heavy atom. The number of carbonyl (C=O) groups excluding carboxylic acids is 2. The fraction of sp³-hybridized carbons (Fsp3) is 0.182. The first-order valence-corrected chi connectivity index (χ1v) is 9.04. The number of benzene rings is 2. The highest BCUT2D eigenvalue weighted by atomic mass is 16.5. The second-order valence-electron chi connectivity index (χ2n) is 6.24. The molecule has 2 aromatic carbocycles. The molecule has 0 fully saturated rings. The largest absolute Gasteiger partial charge is 0.493 e. The Kier molecular flexibility index (Phi) is 6.52. The number of hydrogen-bond acceptors (Lipinski definition) is 5. The van der Waals surface area contributed by atoms with Crippen molar-refractivity contribution in [2.45, 2.75) is 0 Å². The lowest BCUT2D eigenvalue weighted by atomic mass is 10.1. The van der Waals surface area contributed by atoms with Crippen LogP contribution in [0.25, 0.3) is 0 Å². The summed E-state index contributed by atoms with van der Waals surface area (Å²) in [5.41, 5.74) is 0.970. The highest BCUT2D eigenvalue weighted by molar-refractivity contribution is 6.03. The van der Waals surface area contributed by atoms with Crippen LogP contribution in [0.1, 0.15) is 20.9 Å². The molecule has 0 atom stereocenters. The van der Waals surface area contributed by atoms with Crippen molar-refractivity contribution in [1.82, 2.24) is 4.90 Å². The third-order valence-electron chi connectivity index (χ3n) is 4.21. The number of rotatable bonds is 8. The topological polar surface area (TPSA) is 81.0 Å². The fourth-order valence-electron chi connectivity index (χ4n) is 2.68. The van der Waals surface area contributed by atoms with Crippen LogP contribution in [-0.4, -0.2) is 44.0 Å². The number of hydrogen-bond donors (Lipinski definition) is 1. The number of likely N-dealkylation sites (N-methyl/N-ethyl adjacent to an activating group) is 1. The second kappa shape index (κ2) is 9.45. The average molecular weight is 394 g/mol. The molecular weight excluding hydrogens is 372 g/mol.